The maximum absolute atomic E-state index is 14.6. The van der Waals surface area contributed by atoms with Gasteiger partial charge in [-0.15, -0.1) is 12.8 Å². The first-order valence-electron chi connectivity index (χ1n) is 15.9. The summed E-state index contributed by atoms with van der Waals surface area (Å²) in [5, 5.41) is 18.1. The highest BCUT2D eigenvalue weighted by molar-refractivity contribution is 6.10. The van der Waals surface area contributed by atoms with Gasteiger partial charge < -0.3 is 10.2 Å². The van der Waals surface area contributed by atoms with Crippen LogP contribution in [0.3, 0.4) is 0 Å². The lowest BCUT2D eigenvalue weighted by molar-refractivity contribution is 0.0686. The van der Waals surface area contributed by atoms with Crippen molar-refractivity contribution in [3.05, 3.63) is 183 Å². The molecular weight excluding hydrogens is 684 g/mol. The summed E-state index contributed by atoms with van der Waals surface area (Å²) >= 11 is 0. The minimum Gasteiger partial charge on any atom is -0.478 e. The number of benzene rings is 5. The van der Waals surface area contributed by atoms with Crippen LogP contribution in [0, 0.1) is 48.4 Å². The van der Waals surface area contributed by atoms with E-state index in [9.17, 15) is 39.0 Å². The SMILES string of the molecule is C#Cc1cc(C(=O)O)cc(-n2c(=O)c3c(C#Cc4ccccc4)c4c(=O)n(-c5cc(C#C)cc(C(=O)O)c5)c(=O)c4c(C#Cc4ccccc4)c3c2=O)c1. The molecule has 0 aliphatic heterocycles. The van der Waals surface area contributed by atoms with E-state index >= 15 is 0 Å². The van der Waals surface area contributed by atoms with E-state index in [2.05, 4.69) is 35.5 Å². The minimum absolute atomic E-state index is 0.0630. The second-order valence-corrected chi connectivity index (χ2v) is 11.8. The van der Waals surface area contributed by atoms with Crippen LogP contribution < -0.4 is 22.2 Å². The average molecular weight is 705 g/mol. The number of fused-ring (bicyclic) bond motifs is 2. The Morgan fingerprint density at radius 1 is 0.463 bits per heavy atom. The Balaban J connectivity index is 1.72. The largest absolute Gasteiger partial charge is 0.478 e. The van der Waals surface area contributed by atoms with E-state index in [0.29, 0.717) is 20.3 Å². The van der Waals surface area contributed by atoms with Gasteiger partial charge in [-0.25, -0.2) is 18.7 Å². The lowest BCUT2D eigenvalue weighted by atomic mass is 9.96. The summed E-state index contributed by atoms with van der Waals surface area (Å²) in [6.07, 6.45) is 11.2. The van der Waals surface area contributed by atoms with Gasteiger partial charge in [-0.05, 0) is 60.7 Å². The molecule has 0 atom stereocenters. The van der Waals surface area contributed by atoms with Crippen molar-refractivity contribution < 1.29 is 19.8 Å². The molecular formula is C44H20N2O8. The van der Waals surface area contributed by atoms with Crippen LogP contribution in [0.2, 0.25) is 0 Å². The molecule has 0 saturated carbocycles. The molecule has 0 bridgehead atoms. The number of carbonyl (C=O) groups is 2. The zero-order valence-corrected chi connectivity index (χ0v) is 27.6. The molecule has 2 heterocycles. The summed E-state index contributed by atoms with van der Waals surface area (Å²) < 4.78 is 1.41. The van der Waals surface area contributed by atoms with Crippen molar-refractivity contribution in [3.63, 3.8) is 0 Å². The van der Waals surface area contributed by atoms with Crippen molar-refractivity contribution >= 4 is 33.5 Å². The predicted molar refractivity (Wildman–Crippen MR) is 202 cm³/mol. The summed E-state index contributed by atoms with van der Waals surface area (Å²) in [7, 11) is 0. The first-order valence-corrected chi connectivity index (χ1v) is 15.9. The minimum atomic E-state index is -1.37. The Morgan fingerprint density at radius 3 is 1.09 bits per heavy atom. The van der Waals surface area contributed by atoms with Crippen molar-refractivity contribution in [3.8, 4) is 59.7 Å². The lowest BCUT2D eigenvalue weighted by Crippen LogP contribution is -2.25. The number of aromatic carboxylic acids is 2. The highest BCUT2D eigenvalue weighted by atomic mass is 16.4. The molecule has 54 heavy (non-hydrogen) atoms. The number of terminal acetylenes is 2. The van der Waals surface area contributed by atoms with E-state index in [1.165, 1.54) is 24.3 Å². The fourth-order valence-electron chi connectivity index (χ4n) is 6.16. The number of carboxylic acid groups (broad SMARTS) is 2. The van der Waals surface area contributed by atoms with Crippen LogP contribution in [0.15, 0.2) is 116 Å². The van der Waals surface area contributed by atoms with E-state index in [4.69, 9.17) is 12.8 Å². The third kappa shape index (κ3) is 5.71. The van der Waals surface area contributed by atoms with E-state index in [1.54, 1.807) is 60.7 Å². The monoisotopic (exact) mass is 704 g/mol. The van der Waals surface area contributed by atoms with Crippen LogP contribution in [-0.2, 0) is 0 Å². The van der Waals surface area contributed by atoms with Gasteiger partial charge in [0, 0.05) is 22.3 Å². The summed E-state index contributed by atoms with van der Waals surface area (Å²) in [5.74, 6) is 13.4. The number of rotatable bonds is 4. The van der Waals surface area contributed by atoms with Gasteiger partial charge in [0.2, 0.25) is 0 Å². The van der Waals surface area contributed by atoms with E-state index in [1.807, 2.05) is 0 Å². The van der Waals surface area contributed by atoms with Crippen molar-refractivity contribution in [1.29, 1.82) is 0 Å². The first kappa shape index (κ1) is 34.0. The topological polar surface area (TPSA) is 153 Å². The molecule has 0 amide bonds. The van der Waals surface area contributed by atoms with Gasteiger partial charge >= 0.3 is 11.9 Å². The van der Waals surface area contributed by atoms with Crippen LogP contribution in [-0.4, -0.2) is 31.3 Å². The Labute approximate surface area is 304 Å². The zero-order chi connectivity index (χ0) is 38.3. The van der Waals surface area contributed by atoms with Crippen LogP contribution in [0.1, 0.15) is 54.1 Å². The van der Waals surface area contributed by atoms with Gasteiger partial charge in [0.05, 0.1) is 55.2 Å². The number of aromatic nitrogens is 2. The van der Waals surface area contributed by atoms with Crippen LogP contribution >= 0.6 is 0 Å². The van der Waals surface area contributed by atoms with Crippen LogP contribution in [0.4, 0.5) is 0 Å². The first-order chi connectivity index (χ1) is 26.0. The maximum atomic E-state index is 14.6. The second kappa shape index (κ2) is 13.4. The number of hydrogen-bond acceptors (Lipinski definition) is 6. The van der Waals surface area contributed by atoms with E-state index < -0.39 is 34.2 Å². The van der Waals surface area contributed by atoms with Gasteiger partial charge in [0.15, 0.2) is 0 Å². The molecule has 7 rings (SSSR count). The average Bonchev–Trinajstić information content (AvgIpc) is 3.60. The molecule has 10 heteroatoms. The standard InChI is InChI=1S/C44H20N2O8/c1-3-25-19-29(43(51)52)23-31(21-25)45-39(47)35-33(17-15-27-11-7-5-8-12-27)37-38(34(36(35)40(45)48)18-16-28-13-9-6-10-14-28)42(50)46(41(37)49)32-22-26(4-2)20-30(24-32)44(53)54/h1-2,5-14,19-24H,(H,51,52)(H,53,54). The molecule has 0 fully saturated rings. The number of nitrogens with zero attached hydrogens (tertiary/aromatic N) is 2. The Kier molecular flexibility index (Phi) is 8.42. The molecule has 7 aromatic rings. The van der Waals surface area contributed by atoms with Crippen molar-refractivity contribution in [1.82, 2.24) is 9.13 Å². The summed E-state index contributed by atoms with van der Waals surface area (Å²) in [6, 6.07) is 24.2. The fraction of sp³-hybridized carbons (Fsp3) is 0. The van der Waals surface area contributed by atoms with E-state index in [0.717, 1.165) is 12.1 Å². The molecule has 10 nitrogen and oxygen atoms in total. The van der Waals surface area contributed by atoms with E-state index in [-0.39, 0.29) is 66.3 Å². The number of carboxylic acids is 2. The van der Waals surface area contributed by atoms with Gasteiger partial charge in [-0.3, -0.25) is 19.2 Å². The molecule has 0 spiro atoms. The van der Waals surface area contributed by atoms with Crippen LogP contribution in [0.5, 0.6) is 0 Å². The fourth-order valence-corrected chi connectivity index (χ4v) is 6.16. The molecule has 5 aromatic carbocycles. The molecule has 2 N–H and O–H groups in total. The smallest absolute Gasteiger partial charge is 0.335 e. The van der Waals surface area contributed by atoms with Crippen molar-refractivity contribution in [2.75, 3.05) is 0 Å². The van der Waals surface area contributed by atoms with Gasteiger partial charge in [0.25, 0.3) is 22.2 Å². The summed E-state index contributed by atoms with van der Waals surface area (Å²) in [5.41, 5.74) is -4.36. The van der Waals surface area contributed by atoms with Gasteiger partial charge in [-0.1, -0.05) is 71.9 Å². The molecule has 0 saturated heterocycles. The van der Waals surface area contributed by atoms with Gasteiger partial charge in [0.1, 0.15) is 0 Å². The highest BCUT2D eigenvalue weighted by Crippen LogP contribution is 2.28. The molecule has 2 aromatic heterocycles. The highest BCUT2D eigenvalue weighted by Gasteiger charge is 2.30. The van der Waals surface area contributed by atoms with Gasteiger partial charge in [-0.2, -0.15) is 0 Å². The Bertz CT molecular complexity index is 2920. The quantitative estimate of drug-likeness (QED) is 0.261. The Hall–Kier alpha value is -8.44. The molecule has 0 aliphatic rings. The van der Waals surface area contributed by atoms with Crippen LogP contribution in [0.25, 0.3) is 32.9 Å². The Morgan fingerprint density at radius 2 is 0.796 bits per heavy atom. The maximum Gasteiger partial charge on any atom is 0.335 e. The lowest BCUT2D eigenvalue weighted by Gasteiger charge is -2.04. The molecule has 0 unspecified atom stereocenters. The molecule has 254 valence electrons. The predicted octanol–water partition coefficient (Wildman–Crippen LogP) is 4.05. The zero-order valence-electron chi connectivity index (χ0n) is 27.6. The van der Waals surface area contributed by atoms with Crippen molar-refractivity contribution in [2.45, 2.75) is 0 Å². The normalized spacial score (nSPS) is 10.5. The second-order valence-electron chi connectivity index (χ2n) is 11.8. The summed E-state index contributed by atoms with van der Waals surface area (Å²) in [4.78, 5) is 82.3. The third-order valence-corrected chi connectivity index (χ3v) is 8.56. The third-order valence-electron chi connectivity index (χ3n) is 8.56. The molecule has 0 radical (unpaired) electrons. The summed E-state index contributed by atoms with van der Waals surface area (Å²) in [6.45, 7) is 0. The molecule has 0 aliphatic carbocycles. The number of hydrogen-bond donors (Lipinski definition) is 2. The van der Waals surface area contributed by atoms with Crippen molar-refractivity contribution in [2.24, 2.45) is 0 Å².